The molecule has 0 unspecified atom stereocenters. The van der Waals surface area contributed by atoms with Crippen molar-refractivity contribution in [3.05, 3.63) is 29.3 Å². The molecule has 5 heteroatoms. The highest BCUT2D eigenvalue weighted by Gasteiger charge is 2.18. The molecule has 0 amide bonds. The van der Waals surface area contributed by atoms with Crippen molar-refractivity contribution in [2.24, 2.45) is 0 Å². The lowest BCUT2D eigenvalue weighted by Crippen LogP contribution is -2.20. The summed E-state index contributed by atoms with van der Waals surface area (Å²) in [6.07, 6.45) is 0. The van der Waals surface area contributed by atoms with Crippen LogP contribution in [0, 0.1) is 18.3 Å². The van der Waals surface area contributed by atoms with Crippen LogP contribution in [0.2, 0.25) is 0 Å². The zero-order valence-corrected chi connectivity index (χ0v) is 11.8. The van der Waals surface area contributed by atoms with Gasteiger partial charge in [0.15, 0.2) is 0 Å². The summed E-state index contributed by atoms with van der Waals surface area (Å²) in [7, 11) is 7.16. The molecule has 0 atom stereocenters. The fraction of sp³-hybridized carbons (Fsp3) is 0.417. The van der Waals surface area contributed by atoms with E-state index in [1.165, 1.54) is 0 Å². The Labute approximate surface area is 104 Å². The molecule has 0 saturated carbocycles. The number of rotatable bonds is 4. The third-order valence-corrected chi connectivity index (χ3v) is 3.90. The second-order valence-corrected chi connectivity index (χ2v) is 6.42. The van der Waals surface area contributed by atoms with E-state index in [0.29, 0.717) is 5.56 Å². The first-order valence-electron chi connectivity index (χ1n) is 5.29. The number of hydrogen-bond donors (Lipinski definition) is 0. The van der Waals surface area contributed by atoms with Crippen molar-refractivity contribution in [1.82, 2.24) is 9.34 Å². The summed E-state index contributed by atoms with van der Waals surface area (Å²) in [5.41, 5.74) is 1.65. The van der Waals surface area contributed by atoms with Crippen LogP contribution in [-0.2, 0) is 0 Å². The molecule has 0 aliphatic rings. The van der Waals surface area contributed by atoms with Gasteiger partial charge < -0.3 is 4.52 Å². The molecule has 0 heterocycles. The Bertz CT molecular complexity index is 418. The van der Waals surface area contributed by atoms with E-state index < -0.39 is 8.45 Å². The molecular formula is C12H18N3OP. The van der Waals surface area contributed by atoms with Gasteiger partial charge >= 0.3 is 0 Å². The van der Waals surface area contributed by atoms with Gasteiger partial charge in [-0.05, 0) is 58.9 Å². The van der Waals surface area contributed by atoms with E-state index >= 15 is 0 Å². The van der Waals surface area contributed by atoms with E-state index in [9.17, 15) is 0 Å². The van der Waals surface area contributed by atoms with Gasteiger partial charge in [0, 0.05) is 0 Å². The standard InChI is InChI=1S/C12H18N3OP/c1-10-8-11(9-13)6-7-12(10)16-17(14(2)3)15(4)5/h6-8H,1-5H3. The molecule has 17 heavy (non-hydrogen) atoms. The Hall–Kier alpha value is -1.14. The van der Waals surface area contributed by atoms with Crippen LogP contribution in [0.3, 0.4) is 0 Å². The van der Waals surface area contributed by atoms with Gasteiger partial charge in [0.2, 0.25) is 8.45 Å². The minimum absolute atomic E-state index is 0.661. The van der Waals surface area contributed by atoms with E-state index in [0.717, 1.165) is 11.3 Å². The van der Waals surface area contributed by atoms with Gasteiger partial charge in [-0.2, -0.15) is 5.26 Å². The van der Waals surface area contributed by atoms with E-state index in [-0.39, 0.29) is 0 Å². The predicted octanol–water partition coefficient (Wildman–Crippen LogP) is 2.60. The van der Waals surface area contributed by atoms with Gasteiger partial charge in [-0.15, -0.1) is 0 Å². The van der Waals surface area contributed by atoms with Crippen molar-refractivity contribution >= 4 is 8.45 Å². The molecule has 0 N–H and O–H groups in total. The molecule has 1 rings (SSSR count). The van der Waals surface area contributed by atoms with Crippen LogP contribution < -0.4 is 4.52 Å². The minimum atomic E-state index is -0.801. The molecule has 1 aromatic carbocycles. The van der Waals surface area contributed by atoms with Gasteiger partial charge in [-0.1, -0.05) is 0 Å². The first-order valence-corrected chi connectivity index (χ1v) is 6.45. The number of nitriles is 1. The van der Waals surface area contributed by atoms with Crippen LogP contribution in [0.5, 0.6) is 5.75 Å². The van der Waals surface area contributed by atoms with E-state index in [1.54, 1.807) is 6.07 Å². The van der Waals surface area contributed by atoms with Gasteiger partial charge in [-0.25, -0.2) is 9.34 Å². The molecule has 0 radical (unpaired) electrons. The van der Waals surface area contributed by atoms with Gasteiger partial charge in [-0.3, -0.25) is 0 Å². The van der Waals surface area contributed by atoms with Crippen LogP contribution in [0.4, 0.5) is 0 Å². The molecule has 0 saturated heterocycles. The Morgan fingerprint density at radius 1 is 1.18 bits per heavy atom. The number of aryl methyl sites for hydroxylation is 1. The predicted molar refractivity (Wildman–Crippen MR) is 70.8 cm³/mol. The van der Waals surface area contributed by atoms with Gasteiger partial charge in [0.1, 0.15) is 5.75 Å². The monoisotopic (exact) mass is 251 g/mol. The lowest BCUT2D eigenvalue weighted by atomic mass is 10.1. The van der Waals surface area contributed by atoms with Crippen LogP contribution in [0.25, 0.3) is 0 Å². The maximum absolute atomic E-state index is 8.81. The van der Waals surface area contributed by atoms with Crippen molar-refractivity contribution in [3.8, 4) is 11.8 Å². The highest BCUT2D eigenvalue weighted by Crippen LogP contribution is 2.42. The zero-order chi connectivity index (χ0) is 13.0. The second kappa shape index (κ2) is 5.97. The van der Waals surface area contributed by atoms with Crippen molar-refractivity contribution in [2.45, 2.75) is 6.92 Å². The van der Waals surface area contributed by atoms with Crippen LogP contribution in [0.1, 0.15) is 11.1 Å². The number of nitrogens with zero attached hydrogens (tertiary/aromatic N) is 3. The van der Waals surface area contributed by atoms with E-state index in [2.05, 4.69) is 6.07 Å². The quantitative estimate of drug-likeness (QED) is 0.771. The average Bonchev–Trinajstić information content (AvgIpc) is 2.26. The fourth-order valence-electron chi connectivity index (χ4n) is 1.43. The second-order valence-electron chi connectivity index (χ2n) is 4.13. The van der Waals surface area contributed by atoms with Crippen LogP contribution >= 0.6 is 8.45 Å². The van der Waals surface area contributed by atoms with E-state index in [4.69, 9.17) is 9.79 Å². The Kier molecular flexibility index (Phi) is 4.89. The molecule has 4 nitrogen and oxygen atoms in total. The summed E-state index contributed by atoms with van der Waals surface area (Å²) >= 11 is 0. The Balaban J connectivity index is 2.91. The Morgan fingerprint density at radius 3 is 2.18 bits per heavy atom. The summed E-state index contributed by atoms with van der Waals surface area (Å²) in [6, 6.07) is 7.60. The highest BCUT2D eigenvalue weighted by atomic mass is 31.2. The SMILES string of the molecule is Cc1cc(C#N)ccc1OP(N(C)C)N(C)C. The summed E-state index contributed by atoms with van der Waals surface area (Å²) < 4.78 is 10.1. The van der Waals surface area contributed by atoms with Crippen molar-refractivity contribution < 1.29 is 4.52 Å². The molecule has 1 aromatic rings. The first kappa shape index (κ1) is 13.9. The van der Waals surface area contributed by atoms with E-state index in [1.807, 2.05) is 56.6 Å². The molecule has 92 valence electrons. The van der Waals surface area contributed by atoms with Crippen LogP contribution in [-0.4, -0.2) is 37.5 Å². The summed E-state index contributed by atoms with van der Waals surface area (Å²) in [5, 5.41) is 8.81. The summed E-state index contributed by atoms with van der Waals surface area (Å²) in [4.78, 5) is 0. The minimum Gasteiger partial charge on any atom is -0.444 e. The molecule has 0 aromatic heterocycles. The molecule has 0 aliphatic carbocycles. The summed E-state index contributed by atoms with van der Waals surface area (Å²) in [5.74, 6) is 0.831. The highest BCUT2D eigenvalue weighted by molar-refractivity contribution is 7.47. The van der Waals surface area contributed by atoms with Crippen LogP contribution in [0.15, 0.2) is 18.2 Å². The number of hydrogen-bond acceptors (Lipinski definition) is 4. The van der Waals surface area contributed by atoms with Crippen molar-refractivity contribution in [3.63, 3.8) is 0 Å². The van der Waals surface area contributed by atoms with Crippen molar-refractivity contribution in [1.29, 1.82) is 5.26 Å². The fourth-order valence-corrected chi connectivity index (χ4v) is 2.85. The lowest BCUT2D eigenvalue weighted by Gasteiger charge is -2.29. The zero-order valence-electron chi connectivity index (χ0n) is 10.9. The molecular weight excluding hydrogens is 233 g/mol. The smallest absolute Gasteiger partial charge is 0.247 e. The number of benzene rings is 1. The Morgan fingerprint density at radius 2 is 1.76 bits per heavy atom. The molecule has 0 aliphatic heterocycles. The van der Waals surface area contributed by atoms with Gasteiger partial charge in [0.25, 0.3) is 0 Å². The topological polar surface area (TPSA) is 39.5 Å². The average molecular weight is 251 g/mol. The largest absolute Gasteiger partial charge is 0.444 e. The molecule has 0 bridgehead atoms. The maximum atomic E-state index is 8.81. The maximum Gasteiger partial charge on any atom is 0.247 e. The third-order valence-electron chi connectivity index (χ3n) is 2.17. The van der Waals surface area contributed by atoms with Crippen molar-refractivity contribution in [2.75, 3.05) is 28.2 Å². The van der Waals surface area contributed by atoms with Gasteiger partial charge in [0.05, 0.1) is 11.6 Å². The third kappa shape index (κ3) is 3.67. The molecule has 0 spiro atoms. The molecule has 0 fully saturated rings. The first-order chi connectivity index (χ1) is 7.95. The normalized spacial score (nSPS) is 11.0. The summed E-state index contributed by atoms with van der Waals surface area (Å²) in [6.45, 7) is 1.95. The lowest BCUT2D eigenvalue weighted by molar-refractivity contribution is 0.451.